The highest BCUT2D eigenvalue weighted by Gasteiger charge is 2.44. The molecule has 0 aliphatic heterocycles. The molecule has 0 atom stereocenters. The van der Waals surface area contributed by atoms with Crippen LogP contribution in [0, 0.1) is 5.41 Å². The number of ether oxygens (including phenoxy) is 2. The molecule has 0 aliphatic rings. The van der Waals surface area contributed by atoms with Gasteiger partial charge in [-0.3, -0.25) is 14.4 Å². The van der Waals surface area contributed by atoms with Crippen molar-refractivity contribution in [3.05, 3.63) is 0 Å². The second kappa shape index (κ2) is 7.13. The van der Waals surface area contributed by atoms with Gasteiger partial charge in [0.05, 0.1) is 19.8 Å². The van der Waals surface area contributed by atoms with Crippen molar-refractivity contribution < 1.29 is 29.0 Å². The molecule has 0 aromatic heterocycles. The lowest BCUT2D eigenvalue weighted by molar-refractivity contribution is -0.163. The zero-order valence-corrected chi connectivity index (χ0v) is 10.3. The Morgan fingerprint density at radius 2 is 1.59 bits per heavy atom. The van der Waals surface area contributed by atoms with Gasteiger partial charge < -0.3 is 14.6 Å². The fourth-order valence-electron chi connectivity index (χ4n) is 1.04. The lowest BCUT2D eigenvalue weighted by Gasteiger charge is -2.21. The van der Waals surface area contributed by atoms with E-state index in [2.05, 4.69) is 0 Å². The standard InChI is InChI=1S/C11H18O6/c1-8(13)11(3,9(2)14)10(15)17-7-6-16-5-4-12/h12H,4-7H2,1-3H3. The Morgan fingerprint density at radius 1 is 1.06 bits per heavy atom. The first-order chi connectivity index (χ1) is 7.87. The van der Waals surface area contributed by atoms with Crippen LogP contribution in [0.15, 0.2) is 0 Å². The zero-order valence-electron chi connectivity index (χ0n) is 10.3. The van der Waals surface area contributed by atoms with Gasteiger partial charge in [-0.1, -0.05) is 0 Å². The van der Waals surface area contributed by atoms with Gasteiger partial charge in [-0.2, -0.15) is 0 Å². The molecule has 1 N–H and O–H groups in total. The molecule has 0 bridgehead atoms. The number of hydrogen-bond acceptors (Lipinski definition) is 6. The van der Waals surface area contributed by atoms with Gasteiger partial charge >= 0.3 is 5.97 Å². The Balaban J connectivity index is 4.28. The van der Waals surface area contributed by atoms with Crippen LogP contribution in [0.3, 0.4) is 0 Å². The van der Waals surface area contributed by atoms with E-state index in [1.54, 1.807) is 0 Å². The summed E-state index contributed by atoms with van der Waals surface area (Å²) in [7, 11) is 0. The molecule has 0 heterocycles. The number of hydrogen-bond donors (Lipinski definition) is 1. The molecule has 0 aromatic carbocycles. The molecule has 17 heavy (non-hydrogen) atoms. The molecule has 0 saturated heterocycles. The summed E-state index contributed by atoms with van der Waals surface area (Å²) in [5.41, 5.74) is -1.74. The number of aliphatic hydroxyl groups is 1. The molecule has 0 radical (unpaired) electrons. The third-order valence-corrected chi connectivity index (χ3v) is 2.51. The number of carbonyl (C=O) groups is 3. The Bertz CT molecular complexity index is 282. The Hall–Kier alpha value is -1.27. The number of rotatable bonds is 8. The van der Waals surface area contributed by atoms with E-state index in [0.717, 1.165) is 0 Å². The van der Waals surface area contributed by atoms with Crippen molar-refractivity contribution in [2.24, 2.45) is 5.41 Å². The minimum absolute atomic E-state index is 0.0605. The lowest BCUT2D eigenvalue weighted by atomic mass is 9.82. The first-order valence-electron chi connectivity index (χ1n) is 5.25. The largest absolute Gasteiger partial charge is 0.462 e. The van der Waals surface area contributed by atoms with Crippen LogP contribution in [-0.4, -0.2) is 49.1 Å². The maximum absolute atomic E-state index is 11.6. The van der Waals surface area contributed by atoms with Crippen LogP contribution >= 0.6 is 0 Å². The molecule has 0 saturated carbocycles. The SMILES string of the molecule is CC(=O)C(C)(C(C)=O)C(=O)OCCOCCO. The van der Waals surface area contributed by atoms with Crippen molar-refractivity contribution >= 4 is 17.5 Å². The normalized spacial score (nSPS) is 11.1. The molecule has 6 heteroatoms. The van der Waals surface area contributed by atoms with Gasteiger partial charge in [-0.25, -0.2) is 0 Å². The van der Waals surface area contributed by atoms with E-state index in [0.29, 0.717) is 0 Å². The monoisotopic (exact) mass is 246 g/mol. The lowest BCUT2D eigenvalue weighted by Crippen LogP contribution is -2.43. The number of Topliss-reactive ketones (excluding diaryl/α,β-unsaturated/α-hetero) is 2. The van der Waals surface area contributed by atoms with E-state index in [1.165, 1.54) is 20.8 Å². The molecule has 6 nitrogen and oxygen atoms in total. The Morgan fingerprint density at radius 3 is 2.00 bits per heavy atom. The van der Waals surface area contributed by atoms with E-state index < -0.39 is 23.0 Å². The summed E-state index contributed by atoms with van der Waals surface area (Å²) in [6.07, 6.45) is 0. The highest BCUT2D eigenvalue weighted by molar-refractivity contribution is 6.20. The van der Waals surface area contributed by atoms with Crippen LogP contribution in [0.4, 0.5) is 0 Å². The highest BCUT2D eigenvalue weighted by Crippen LogP contribution is 2.21. The van der Waals surface area contributed by atoms with Crippen molar-refractivity contribution in [1.82, 2.24) is 0 Å². The summed E-state index contributed by atoms with van der Waals surface area (Å²) in [4.78, 5) is 34.2. The summed E-state index contributed by atoms with van der Waals surface area (Å²) in [6.45, 7) is 3.67. The molecule has 98 valence electrons. The van der Waals surface area contributed by atoms with E-state index in [4.69, 9.17) is 14.6 Å². The molecule has 0 spiro atoms. The van der Waals surface area contributed by atoms with E-state index in [-0.39, 0.29) is 26.4 Å². The third kappa shape index (κ3) is 4.24. The fourth-order valence-corrected chi connectivity index (χ4v) is 1.04. The van der Waals surface area contributed by atoms with Crippen molar-refractivity contribution in [3.8, 4) is 0 Å². The molecule has 0 fully saturated rings. The molecule has 0 rings (SSSR count). The number of ketones is 2. The third-order valence-electron chi connectivity index (χ3n) is 2.51. The molecule has 0 aromatic rings. The minimum atomic E-state index is -1.74. The predicted molar refractivity (Wildman–Crippen MR) is 58.3 cm³/mol. The van der Waals surface area contributed by atoms with Gasteiger partial charge in [0.1, 0.15) is 6.61 Å². The first kappa shape index (κ1) is 15.7. The van der Waals surface area contributed by atoms with Crippen LogP contribution in [0.2, 0.25) is 0 Å². The molecule has 0 amide bonds. The van der Waals surface area contributed by atoms with Crippen molar-refractivity contribution in [2.45, 2.75) is 20.8 Å². The fraction of sp³-hybridized carbons (Fsp3) is 0.727. The van der Waals surface area contributed by atoms with Crippen molar-refractivity contribution in [1.29, 1.82) is 0 Å². The Labute approximate surface area is 99.9 Å². The summed E-state index contributed by atoms with van der Waals surface area (Å²) in [5, 5.41) is 8.43. The number of carbonyl (C=O) groups excluding carboxylic acids is 3. The van der Waals surface area contributed by atoms with Crippen LogP contribution < -0.4 is 0 Å². The maximum atomic E-state index is 11.6. The topological polar surface area (TPSA) is 89.9 Å². The average molecular weight is 246 g/mol. The second-order valence-corrected chi connectivity index (χ2v) is 3.71. The van der Waals surface area contributed by atoms with Crippen LogP contribution in [0.5, 0.6) is 0 Å². The van der Waals surface area contributed by atoms with Crippen LogP contribution in [-0.2, 0) is 23.9 Å². The van der Waals surface area contributed by atoms with Crippen LogP contribution in [0.1, 0.15) is 20.8 Å². The predicted octanol–water partition coefficient (Wildman–Crippen LogP) is -0.277. The molecular weight excluding hydrogens is 228 g/mol. The average Bonchev–Trinajstić information content (AvgIpc) is 2.26. The van der Waals surface area contributed by atoms with Crippen LogP contribution in [0.25, 0.3) is 0 Å². The smallest absolute Gasteiger partial charge is 0.327 e. The summed E-state index contributed by atoms with van der Waals surface area (Å²) in [5.74, 6) is -1.97. The van der Waals surface area contributed by atoms with E-state index in [9.17, 15) is 14.4 Å². The second-order valence-electron chi connectivity index (χ2n) is 3.71. The van der Waals surface area contributed by atoms with Gasteiger partial charge in [0.25, 0.3) is 0 Å². The number of esters is 1. The van der Waals surface area contributed by atoms with Gasteiger partial charge in [0, 0.05) is 0 Å². The van der Waals surface area contributed by atoms with Gasteiger partial charge in [-0.05, 0) is 20.8 Å². The maximum Gasteiger partial charge on any atom is 0.327 e. The van der Waals surface area contributed by atoms with Crippen molar-refractivity contribution in [3.63, 3.8) is 0 Å². The van der Waals surface area contributed by atoms with Gasteiger partial charge in [-0.15, -0.1) is 0 Å². The van der Waals surface area contributed by atoms with Gasteiger partial charge in [0.2, 0.25) is 0 Å². The number of aliphatic hydroxyl groups excluding tert-OH is 1. The molecule has 0 unspecified atom stereocenters. The zero-order chi connectivity index (χ0) is 13.5. The molecular formula is C11H18O6. The quantitative estimate of drug-likeness (QED) is 0.360. The molecule has 0 aliphatic carbocycles. The minimum Gasteiger partial charge on any atom is -0.462 e. The van der Waals surface area contributed by atoms with Gasteiger partial charge in [0.15, 0.2) is 17.0 Å². The highest BCUT2D eigenvalue weighted by atomic mass is 16.6. The summed E-state index contributed by atoms with van der Waals surface area (Å²) >= 11 is 0. The summed E-state index contributed by atoms with van der Waals surface area (Å²) in [6, 6.07) is 0. The van der Waals surface area contributed by atoms with E-state index >= 15 is 0 Å². The van der Waals surface area contributed by atoms with E-state index in [1.807, 2.05) is 0 Å². The van der Waals surface area contributed by atoms with Crippen molar-refractivity contribution in [2.75, 3.05) is 26.4 Å². The first-order valence-corrected chi connectivity index (χ1v) is 5.25. The summed E-state index contributed by atoms with van der Waals surface area (Å²) < 4.78 is 9.66. The Kier molecular flexibility index (Phi) is 6.60.